The number of aromatic nitrogens is 4. The molecule has 2 aliphatic rings. The van der Waals surface area contributed by atoms with E-state index in [0.29, 0.717) is 0 Å². The van der Waals surface area contributed by atoms with Crippen molar-refractivity contribution in [3.8, 4) is 33.6 Å². The van der Waals surface area contributed by atoms with Crippen molar-refractivity contribution >= 4 is 56.3 Å². The van der Waals surface area contributed by atoms with Crippen molar-refractivity contribution in [3.63, 3.8) is 0 Å². The quantitative estimate of drug-likeness (QED) is 0.195. The van der Waals surface area contributed by atoms with Crippen molar-refractivity contribution in [1.82, 2.24) is 18.1 Å². The van der Waals surface area contributed by atoms with E-state index >= 15 is 0 Å². The van der Waals surface area contributed by atoms with Crippen LogP contribution in [-0.4, -0.2) is 25.1 Å². The maximum absolute atomic E-state index is 2.62. The van der Waals surface area contributed by atoms with Crippen LogP contribution in [0.1, 0.15) is 0 Å². The fourth-order valence-corrected chi connectivity index (χ4v) is 8.18. The molecule has 0 spiro atoms. The number of nitrogens with zero attached hydrogens (tertiary/aromatic N) is 4. The van der Waals surface area contributed by atoms with Gasteiger partial charge in [-0.1, -0.05) is 91.0 Å². The van der Waals surface area contributed by atoms with Gasteiger partial charge >= 0.3 is 6.98 Å². The maximum atomic E-state index is 2.62. The van der Waals surface area contributed by atoms with Gasteiger partial charge in [-0.2, -0.15) is 0 Å². The standard InChI is InChI=1S/C38H23BN4/c1-3-12-24(13-4-1)40-22-30-26-18-11-19-27-31-23-41(25-14-5-2-6-15-25)36-29-17-8-10-21-33(29)43(38(31)36)39(34(26)27)42-32-20-9-7-16-28(32)35(40)37(30)42/h1-23H. The molecule has 11 rings (SSSR count). The lowest BCUT2D eigenvalue weighted by atomic mass is 9.58. The molecule has 9 aromatic rings. The molecule has 2 aliphatic heterocycles. The van der Waals surface area contributed by atoms with Crippen molar-refractivity contribution < 1.29 is 0 Å². The topological polar surface area (TPSA) is 19.7 Å². The summed E-state index contributed by atoms with van der Waals surface area (Å²) >= 11 is 0. The zero-order chi connectivity index (χ0) is 27.8. The molecule has 43 heavy (non-hydrogen) atoms. The monoisotopic (exact) mass is 546 g/mol. The highest BCUT2D eigenvalue weighted by atomic mass is 15.1. The van der Waals surface area contributed by atoms with Crippen molar-refractivity contribution in [2.24, 2.45) is 0 Å². The lowest BCUT2D eigenvalue weighted by Gasteiger charge is -2.32. The molecule has 0 bridgehead atoms. The predicted molar refractivity (Wildman–Crippen MR) is 178 cm³/mol. The summed E-state index contributed by atoms with van der Waals surface area (Å²) in [5, 5.41) is 2.56. The van der Waals surface area contributed by atoms with Gasteiger partial charge in [-0.15, -0.1) is 0 Å². The van der Waals surface area contributed by atoms with Gasteiger partial charge < -0.3 is 18.1 Å². The highest BCUT2D eigenvalue weighted by Crippen LogP contribution is 2.48. The minimum atomic E-state index is -0.00533. The van der Waals surface area contributed by atoms with E-state index in [0.717, 1.165) is 0 Å². The third kappa shape index (κ3) is 2.52. The molecule has 4 nitrogen and oxygen atoms in total. The van der Waals surface area contributed by atoms with Crippen LogP contribution in [0.3, 0.4) is 0 Å². The van der Waals surface area contributed by atoms with Gasteiger partial charge in [0.2, 0.25) is 0 Å². The zero-order valence-corrected chi connectivity index (χ0v) is 23.1. The molecule has 0 saturated carbocycles. The first-order valence-electron chi connectivity index (χ1n) is 14.9. The second-order valence-electron chi connectivity index (χ2n) is 11.8. The lowest BCUT2D eigenvalue weighted by Crippen LogP contribution is -2.50. The van der Waals surface area contributed by atoms with E-state index in [4.69, 9.17) is 0 Å². The smallest absolute Gasteiger partial charge is 0.359 e. The van der Waals surface area contributed by atoms with Gasteiger partial charge in [-0.05, 0) is 53.0 Å². The van der Waals surface area contributed by atoms with Crippen LogP contribution < -0.4 is 5.46 Å². The summed E-state index contributed by atoms with van der Waals surface area (Å²) < 4.78 is 10.1. The van der Waals surface area contributed by atoms with Crippen molar-refractivity contribution in [1.29, 1.82) is 0 Å². The average molecular weight is 546 g/mol. The van der Waals surface area contributed by atoms with Crippen LogP contribution in [-0.2, 0) is 0 Å². The van der Waals surface area contributed by atoms with Gasteiger partial charge in [-0.3, -0.25) is 0 Å². The Morgan fingerprint density at radius 2 is 0.814 bits per heavy atom. The van der Waals surface area contributed by atoms with Crippen LogP contribution in [0.5, 0.6) is 0 Å². The number of hydrogen-bond donors (Lipinski definition) is 0. The lowest BCUT2D eigenvalue weighted by molar-refractivity contribution is 1.13. The van der Waals surface area contributed by atoms with Gasteiger partial charge in [0.1, 0.15) is 0 Å². The summed E-state index contributed by atoms with van der Waals surface area (Å²) in [7, 11) is 0. The number of benzene rings is 5. The molecule has 0 unspecified atom stereocenters. The van der Waals surface area contributed by atoms with Crippen molar-refractivity contribution in [2.75, 3.05) is 0 Å². The summed E-state index contributed by atoms with van der Waals surface area (Å²) in [5.74, 6) is 0. The van der Waals surface area contributed by atoms with Gasteiger partial charge in [0.05, 0.1) is 22.1 Å². The summed E-state index contributed by atoms with van der Waals surface area (Å²) in [6, 6.07) is 46.3. The Labute approximate surface area is 247 Å². The highest BCUT2D eigenvalue weighted by Gasteiger charge is 2.43. The van der Waals surface area contributed by atoms with E-state index in [1.54, 1.807) is 0 Å². The molecule has 0 amide bonds. The molecule has 0 fully saturated rings. The number of hydrogen-bond acceptors (Lipinski definition) is 0. The van der Waals surface area contributed by atoms with E-state index in [2.05, 4.69) is 158 Å². The van der Waals surface area contributed by atoms with Crippen LogP contribution in [0, 0.1) is 0 Å². The van der Waals surface area contributed by atoms with E-state index in [1.807, 2.05) is 0 Å². The number of rotatable bonds is 2. The third-order valence-corrected chi connectivity index (χ3v) is 9.78. The Balaban J connectivity index is 1.36. The van der Waals surface area contributed by atoms with Crippen LogP contribution in [0.15, 0.2) is 140 Å². The molecule has 0 N–H and O–H groups in total. The molecule has 0 saturated heterocycles. The molecule has 198 valence electrons. The van der Waals surface area contributed by atoms with Crippen LogP contribution in [0.25, 0.3) is 77.5 Å². The first kappa shape index (κ1) is 22.0. The van der Waals surface area contributed by atoms with Gasteiger partial charge in [0, 0.05) is 56.7 Å². The second-order valence-corrected chi connectivity index (χ2v) is 11.8. The van der Waals surface area contributed by atoms with E-state index in [-0.39, 0.29) is 6.98 Å². The summed E-state index contributed by atoms with van der Waals surface area (Å²) in [6.45, 7) is -0.00533. The van der Waals surface area contributed by atoms with Crippen LogP contribution >= 0.6 is 0 Å². The molecule has 4 aromatic heterocycles. The minimum absolute atomic E-state index is 0.00533. The molecule has 6 heterocycles. The molecule has 0 atom stereocenters. The third-order valence-electron chi connectivity index (χ3n) is 9.78. The maximum Gasteiger partial charge on any atom is 0.422 e. The van der Waals surface area contributed by atoms with Gasteiger partial charge in [-0.25, -0.2) is 0 Å². The van der Waals surface area contributed by atoms with Crippen molar-refractivity contribution in [2.45, 2.75) is 0 Å². The Bertz CT molecular complexity index is 2440. The SMILES string of the molecule is c1ccc(-n2cc3c4c2c2ccccc2n4B2c4c-3cccc4-c3cn(-c4ccccc4)c4c5ccccc5n2c34)cc1. The zero-order valence-electron chi connectivity index (χ0n) is 23.1. The normalized spacial score (nSPS) is 13.1. The Morgan fingerprint density at radius 1 is 0.372 bits per heavy atom. The molecule has 5 heteroatoms. The van der Waals surface area contributed by atoms with Gasteiger partial charge in [0.25, 0.3) is 0 Å². The Hall–Kier alpha value is -5.68. The Morgan fingerprint density at radius 3 is 1.30 bits per heavy atom. The molecule has 5 aromatic carbocycles. The largest absolute Gasteiger partial charge is 0.422 e. The highest BCUT2D eigenvalue weighted by molar-refractivity contribution is 6.78. The molecular formula is C38H23BN4. The van der Waals surface area contributed by atoms with Gasteiger partial charge in [0.15, 0.2) is 0 Å². The molecule has 0 radical (unpaired) electrons. The fraction of sp³-hybridized carbons (Fsp3) is 0. The Kier molecular flexibility index (Phi) is 3.88. The van der Waals surface area contributed by atoms with E-state index in [9.17, 15) is 0 Å². The number of fused-ring (bicyclic) bond motifs is 10. The second kappa shape index (κ2) is 7.58. The predicted octanol–water partition coefficient (Wildman–Crippen LogP) is 8.24. The first-order chi connectivity index (χ1) is 21.4. The molecular weight excluding hydrogens is 523 g/mol. The van der Waals surface area contributed by atoms with Crippen molar-refractivity contribution in [3.05, 3.63) is 140 Å². The minimum Gasteiger partial charge on any atom is -0.359 e. The van der Waals surface area contributed by atoms with Crippen LogP contribution in [0.2, 0.25) is 0 Å². The summed E-state index contributed by atoms with van der Waals surface area (Å²) in [6.07, 6.45) is 4.73. The summed E-state index contributed by atoms with van der Waals surface area (Å²) in [4.78, 5) is 0. The van der Waals surface area contributed by atoms with Crippen LogP contribution in [0.4, 0.5) is 0 Å². The number of para-hydroxylation sites is 4. The summed E-state index contributed by atoms with van der Waals surface area (Å²) in [5.41, 5.74) is 16.7. The fourth-order valence-electron chi connectivity index (χ4n) is 8.18. The van der Waals surface area contributed by atoms with E-state index in [1.165, 1.54) is 83.0 Å². The first-order valence-corrected chi connectivity index (χ1v) is 14.9. The average Bonchev–Trinajstić information content (AvgIpc) is 3.83. The van der Waals surface area contributed by atoms with E-state index < -0.39 is 0 Å². The molecule has 0 aliphatic carbocycles.